The molecule has 1 aliphatic rings. The number of amides is 1. The van der Waals surface area contributed by atoms with Crippen LogP contribution in [0.3, 0.4) is 0 Å². The maximum absolute atomic E-state index is 13.3. The van der Waals surface area contributed by atoms with Crippen LogP contribution in [0.1, 0.15) is 52.9 Å². The van der Waals surface area contributed by atoms with Gasteiger partial charge in [0.25, 0.3) is 11.7 Å². The molecule has 0 radical (unpaired) electrons. The van der Waals surface area contributed by atoms with Gasteiger partial charge < -0.3 is 9.64 Å². The van der Waals surface area contributed by atoms with Crippen molar-refractivity contribution < 1.29 is 19.1 Å². The standard InChI is InChI=1S/C25H30N2O4S/c1-16-12-17(2)21(18(3)13-16)22(28)23(29)27-20(15-32-25(27,4)5)24(30)31-11-7-9-19-8-6-10-26-14-19/h6,8,10,12-14,20H,7,9,11,15H2,1-5H3/t20-/m0/s1. The van der Waals surface area contributed by atoms with Crippen LogP contribution in [0, 0.1) is 20.8 Å². The molecule has 0 spiro atoms. The fourth-order valence-electron chi connectivity index (χ4n) is 4.21. The van der Waals surface area contributed by atoms with Gasteiger partial charge in [-0.15, -0.1) is 11.8 Å². The van der Waals surface area contributed by atoms with Gasteiger partial charge in [-0.05, 0) is 70.2 Å². The summed E-state index contributed by atoms with van der Waals surface area (Å²) in [6.45, 7) is 9.58. The van der Waals surface area contributed by atoms with E-state index in [-0.39, 0.29) is 6.61 Å². The summed E-state index contributed by atoms with van der Waals surface area (Å²) in [5.74, 6) is -1.30. The van der Waals surface area contributed by atoms with Crippen molar-refractivity contribution in [3.05, 3.63) is 64.5 Å². The Morgan fingerprint density at radius 2 is 1.88 bits per heavy atom. The van der Waals surface area contributed by atoms with Gasteiger partial charge in [0, 0.05) is 23.7 Å². The first-order valence-corrected chi connectivity index (χ1v) is 11.8. The van der Waals surface area contributed by atoms with Gasteiger partial charge >= 0.3 is 5.97 Å². The van der Waals surface area contributed by atoms with E-state index in [4.69, 9.17) is 4.74 Å². The molecule has 1 aromatic carbocycles. The van der Waals surface area contributed by atoms with Crippen LogP contribution >= 0.6 is 11.8 Å². The van der Waals surface area contributed by atoms with Crippen LogP contribution in [0.15, 0.2) is 36.7 Å². The van der Waals surface area contributed by atoms with Crippen molar-refractivity contribution in [2.75, 3.05) is 12.4 Å². The summed E-state index contributed by atoms with van der Waals surface area (Å²) in [7, 11) is 0. The molecule has 0 saturated carbocycles. The number of carbonyl (C=O) groups is 3. The van der Waals surface area contributed by atoms with E-state index < -0.39 is 28.6 Å². The molecular formula is C25H30N2O4S. The zero-order valence-corrected chi connectivity index (χ0v) is 20.1. The largest absolute Gasteiger partial charge is 0.464 e. The number of nitrogens with zero attached hydrogens (tertiary/aromatic N) is 2. The smallest absolute Gasteiger partial charge is 0.329 e. The Kier molecular flexibility index (Phi) is 7.39. The maximum Gasteiger partial charge on any atom is 0.329 e. The third-order valence-corrected chi connectivity index (χ3v) is 7.04. The third-order valence-electron chi connectivity index (χ3n) is 5.65. The number of benzene rings is 1. The van der Waals surface area contributed by atoms with Crippen LogP contribution in [-0.2, 0) is 20.7 Å². The Hall–Kier alpha value is -2.67. The summed E-state index contributed by atoms with van der Waals surface area (Å²) in [5, 5.41) is 0. The summed E-state index contributed by atoms with van der Waals surface area (Å²) in [5.41, 5.74) is 4.05. The first-order valence-electron chi connectivity index (χ1n) is 10.8. The summed E-state index contributed by atoms with van der Waals surface area (Å²) in [6, 6.07) is 6.86. The van der Waals surface area contributed by atoms with Gasteiger partial charge in [0.05, 0.1) is 11.5 Å². The lowest BCUT2D eigenvalue weighted by Gasteiger charge is -2.33. The van der Waals surface area contributed by atoms with Crippen LogP contribution in [0.2, 0.25) is 0 Å². The molecule has 2 heterocycles. The minimum Gasteiger partial charge on any atom is -0.464 e. The second-order valence-corrected chi connectivity index (χ2v) is 10.3. The third kappa shape index (κ3) is 5.21. The van der Waals surface area contributed by atoms with E-state index in [1.807, 2.05) is 58.9 Å². The van der Waals surface area contributed by atoms with Gasteiger partial charge in [-0.2, -0.15) is 0 Å². The zero-order chi connectivity index (χ0) is 23.5. The van der Waals surface area contributed by atoms with Crippen LogP contribution in [0.5, 0.6) is 0 Å². The van der Waals surface area contributed by atoms with Crippen molar-refractivity contribution >= 4 is 29.4 Å². The predicted octanol–water partition coefficient (Wildman–Crippen LogP) is 4.05. The molecule has 1 atom stereocenters. The summed E-state index contributed by atoms with van der Waals surface area (Å²) in [4.78, 5) is 44.2. The number of carbonyl (C=O) groups excluding carboxylic acids is 3. The van der Waals surface area contributed by atoms with E-state index in [2.05, 4.69) is 4.98 Å². The molecule has 6 nitrogen and oxygen atoms in total. The van der Waals surface area contributed by atoms with E-state index in [0.29, 0.717) is 17.7 Å². The van der Waals surface area contributed by atoms with Crippen molar-refractivity contribution in [1.29, 1.82) is 0 Å². The number of ketones is 1. The highest BCUT2D eigenvalue weighted by Gasteiger charge is 2.49. The first-order chi connectivity index (χ1) is 15.1. The molecule has 1 amide bonds. The molecule has 3 rings (SSSR count). The summed E-state index contributed by atoms with van der Waals surface area (Å²) < 4.78 is 5.49. The second-order valence-electron chi connectivity index (χ2n) is 8.68. The summed E-state index contributed by atoms with van der Waals surface area (Å²) >= 11 is 1.48. The molecule has 7 heteroatoms. The lowest BCUT2D eigenvalue weighted by atomic mass is 9.95. The SMILES string of the molecule is Cc1cc(C)c(C(=O)C(=O)N2[C@H](C(=O)OCCCc3cccnc3)CSC2(C)C)c(C)c1. The minimum absolute atomic E-state index is 0.251. The van der Waals surface area contributed by atoms with Crippen molar-refractivity contribution in [1.82, 2.24) is 9.88 Å². The second kappa shape index (κ2) is 9.86. The lowest BCUT2D eigenvalue weighted by molar-refractivity contribution is -0.154. The Bertz CT molecular complexity index is 997. The molecule has 2 aromatic rings. The monoisotopic (exact) mass is 454 g/mol. The normalized spacial score (nSPS) is 17.3. The molecule has 1 aliphatic heterocycles. The van der Waals surface area contributed by atoms with E-state index in [1.54, 1.807) is 12.4 Å². The Labute approximate surface area is 193 Å². The number of hydrogen-bond donors (Lipinski definition) is 0. The van der Waals surface area contributed by atoms with Crippen molar-refractivity contribution in [2.45, 2.75) is 58.4 Å². The van der Waals surface area contributed by atoms with E-state index in [0.717, 1.165) is 28.7 Å². The average molecular weight is 455 g/mol. The maximum atomic E-state index is 13.3. The zero-order valence-electron chi connectivity index (χ0n) is 19.3. The van der Waals surface area contributed by atoms with Gasteiger partial charge in [-0.3, -0.25) is 14.6 Å². The van der Waals surface area contributed by atoms with Crippen molar-refractivity contribution in [3.63, 3.8) is 0 Å². The Balaban J connectivity index is 1.70. The topological polar surface area (TPSA) is 76.6 Å². The molecule has 1 saturated heterocycles. The summed E-state index contributed by atoms with van der Waals surface area (Å²) in [6.07, 6.45) is 4.92. The van der Waals surface area contributed by atoms with Gasteiger partial charge in [0.15, 0.2) is 0 Å². The van der Waals surface area contributed by atoms with Gasteiger partial charge in [-0.1, -0.05) is 23.8 Å². The Morgan fingerprint density at radius 1 is 1.19 bits per heavy atom. The van der Waals surface area contributed by atoms with Crippen LogP contribution < -0.4 is 0 Å². The number of esters is 1. The molecule has 32 heavy (non-hydrogen) atoms. The first kappa shape index (κ1) is 24.0. The number of thioether (sulfide) groups is 1. The van der Waals surface area contributed by atoms with Crippen LogP contribution in [0.25, 0.3) is 0 Å². The van der Waals surface area contributed by atoms with Gasteiger partial charge in [-0.25, -0.2) is 4.79 Å². The number of Topliss-reactive ketones (excluding diaryl/α,β-unsaturated/α-hetero) is 1. The molecular weight excluding hydrogens is 424 g/mol. The predicted molar refractivity (Wildman–Crippen MR) is 126 cm³/mol. The quantitative estimate of drug-likeness (QED) is 0.272. The molecule has 0 unspecified atom stereocenters. The number of aromatic nitrogens is 1. The van der Waals surface area contributed by atoms with E-state index >= 15 is 0 Å². The van der Waals surface area contributed by atoms with Crippen LogP contribution in [0.4, 0.5) is 0 Å². The lowest BCUT2D eigenvalue weighted by Crippen LogP contribution is -2.52. The van der Waals surface area contributed by atoms with Gasteiger partial charge in [0.2, 0.25) is 0 Å². The van der Waals surface area contributed by atoms with Crippen molar-refractivity contribution in [2.24, 2.45) is 0 Å². The van der Waals surface area contributed by atoms with Crippen LogP contribution in [-0.4, -0.2) is 50.8 Å². The minimum atomic E-state index is -0.782. The fourth-order valence-corrected chi connectivity index (χ4v) is 5.41. The average Bonchev–Trinajstić information content (AvgIpc) is 3.05. The van der Waals surface area contributed by atoms with Crippen molar-refractivity contribution in [3.8, 4) is 0 Å². The highest BCUT2D eigenvalue weighted by atomic mass is 32.2. The number of rotatable bonds is 7. The van der Waals surface area contributed by atoms with Gasteiger partial charge in [0.1, 0.15) is 6.04 Å². The molecule has 170 valence electrons. The van der Waals surface area contributed by atoms with E-state index in [1.165, 1.54) is 16.7 Å². The molecule has 0 N–H and O–H groups in total. The number of aryl methyl sites for hydroxylation is 4. The molecule has 0 aliphatic carbocycles. The Morgan fingerprint density at radius 3 is 2.50 bits per heavy atom. The molecule has 0 bridgehead atoms. The highest BCUT2D eigenvalue weighted by Crippen LogP contribution is 2.40. The molecule has 1 fully saturated rings. The fraction of sp³-hybridized carbons (Fsp3) is 0.440. The number of pyridine rings is 1. The molecule has 1 aromatic heterocycles. The van der Waals surface area contributed by atoms with E-state index in [9.17, 15) is 14.4 Å². The number of ether oxygens (including phenoxy) is 1. The highest BCUT2D eigenvalue weighted by molar-refractivity contribution is 8.00. The number of hydrogen-bond acceptors (Lipinski definition) is 6.